The van der Waals surface area contributed by atoms with Crippen molar-refractivity contribution >= 4 is 11.9 Å². The Hall–Kier alpha value is -2.86. The van der Waals surface area contributed by atoms with Gasteiger partial charge in [0, 0.05) is 5.41 Å². The van der Waals surface area contributed by atoms with E-state index in [0.717, 1.165) is 31.2 Å². The summed E-state index contributed by atoms with van der Waals surface area (Å²) in [5, 5.41) is 22.3. The molecule has 0 aromatic heterocycles. The smallest absolute Gasteiger partial charge is 0.326 e. The molecule has 0 saturated carbocycles. The Morgan fingerprint density at radius 1 is 0.949 bits per heavy atom. The van der Waals surface area contributed by atoms with Gasteiger partial charge in [-0.05, 0) is 84.7 Å². The number of aliphatic carboxylic acids is 1. The molecule has 6 heteroatoms. The van der Waals surface area contributed by atoms with Crippen molar-refractivity contribution in [3.63, 3.8) is 0 Å². The van der Waals surface area contributed by atoms with Crippen LogP contribution in [-0.4, -0.2) is 40.8 Å². The third-order valence-electron chi connectivity index (χ3n) is 8.12. The summed E-state index contributed by atoms with van der Waals surface area (Å²) in [6.45, 7) is 18.0. The Balaban J connectivity index is 2.23. The molecule has 3 N–H and O–H groups in total. The summed E-state index contributed by atoms with van der Waals surface area (Å²) in [5.74, 6) is -1.13. The SMILES string of the molecule is CCC(CC)(c1ccc(CCC(O)C(C)(C)C)c(C)c1)c1ccc(OCC(=O)N[C@H](C(=O)O)C(C)C)c(C)c1. The predicted molar refractivity (Wildman–Crippen MR) is 157 cm³/mol. The lowest BCUT2D eigenvalue weighted by atomic mass is 9.69. The van der Waals surface area contributed by atoms with Crippen molar-refractivity contribution in [1.29, 1.82) is 0 Å². The number of aryl methyl sites for hydroxylation is 3. The van der Waals surface area contributed by atoms with Gasteiger partial charge in [0.05, 0.1) is 6.10 Å². The molecular formula is C33H49NO5. The summed E-state index contributed by atoms with van der Waals surface area (Å²) in [6.07, 6.45) is 3.10. The van der Waals surface area contributed by atoms with Gasteiger partial charge < -0.3 is 20.3 Å². The highest BCUT2D eigenvalue weighted by Crippen LogP contribution is 2.41. The van der Waals surface area contributed by atoms with Gasteiger partial charge in [-0.25, -0.2) is 4.79 Å². The number of carboxylic acids is 1. The number of nitrogens with one attached hydrogen (secondary N) is 1. The lowest BCUT2D eigenvalue weighted by Gasteiger charge is -2.34. The fourth-order valence-corrected chi connectivity index (χ4v) is 5.21. The van der Waals surface area contributed by atoms with E-state index in [0.29, 0.717) is 5.75 Å². The van der Waals surface area contributed by atoms with Crippen molar-refractivity contribution in [3.05, 3.63) is 64.2 Å². The zero-order chi connectivity index (χ0) is 29.5. The maximum Gasteiger partial charge on any atom is 0.326 e. The number of aliphatic hydroxyl groups is 1. The fraction of sp³-hybridized carbons (Fsp3) is 0.576. The largest absolute Gasteiger partial charge is 0.484 e. The molecule has 0 bridgehead atoms. The number of ether oxygens (including phenoxy) is 1. The number of hydrogen-bond donors (Lipinski definition) is 3. The van der Waals surface area contributed by atoms with Crippen LogP contribution >= 0.6 is 0 Å². The lowest BCUT2D eigenvalue weighted by Crippen LogP contribution is -2.46. The summed E-state index contributed by atoms with van der Waals surface area (Å²) in [7, 11) is 0. The van der Waals surface area contributed by atoms with Crippen LogP contribution in [0.5, 0.6) is 5.75 Å². The molecule has 0 radical (unpaired) electrons. The number of carbonyl (C=O) groups is 2. The molecule has 2 aromatic rings. The van der Waals surface area contributed by atoms with E-state index in [-0.39, 0.29) is 29.5 Å². The van der Waals surface area contributed by atoms with Crippen LogP contribution in [-0.2, 0) is 21.4 Å². The first-order valence-corrected chi connectivity index (χ1v) is 14.2. The molecule has 39 heavy (non-hydrogen) atoms. The Morgan fingerprint density at radius 3 is 1.97 bits per heavy atom. The summed E-state index contributed by atoms with van der Waals surface area (Å²) in [6, 6.07) is 11.9. The zero-order valence-corrected chi connectivity index (χ0v) is 25.4. The van der Waals surface area contributed by atoms with Gasteiger partial charge in [0.15, 0.2) is 6.61 Å². The van der Waals surface area contributed by atoms with Crippen molar-refractivity contribution in [1.82, 2.24) is 5.32 Å². The molecule has 216 valence electrons. The minimum absolute atomic E-state index is 0.125. The van der Waals surface area contributed by atoms with Crippen LogP contribution in [0.2, 0.25) is 0 Å². The second-order valence-corrected chi connectivity index (χ2v) is 12.2. The molecule has 0 aliphatic heterocycles. The molecule has 0 aliphatic rings. The highest BCUT2D eigenvalue weighted by atomic mass is 16.5. The molecule has 2 aromatic carbocycles. The number of aliphatic hydroxyl groups excluding tert-OH is 1. The van der Waals surface area contributed by atoms with Gasteiger partial charge in [-0.1, -0.05) is 78.8 Å². The van der Waals surface area contributed by atoms with E-state index in [1.54, 1.807) is 13.8 Å². The Kier molecular flexibility index (Phi) is 11.2. The molecule has 2 rings (SSSR count). The van der Waals surface area contributed by atoms with Crippen LogP contribution in [0.15, 0.2) is 36.4 Å². The molecule has 1 amide bonds. The summed E-state index contributed by atoms with van der Waals surface area (Å²) in [4.78, 5) is 23.7. The van der Waals surface area contributed by atoms with Crippen molar-refractivity contribution < 1.29 is 24.5 Å². The standard InChI is InChI=1S/C33H49NO5/c1-10-33(11-2,25-14-12-24(22(5)18-25)13-17-28(35)32(7,8)9)26-15-16-27(23(6)19-26)39-20-29(36)34-30(21(3)4)31(37)38/h12,14-16,18-19,21,28,30,35H,10-11,13,17,20H2,1-9H3,(H,34,36)(H,37,38)/t28?,30-/m0/s1. The van der Waals surface area contributed by atoms with E-state index in [1.807, 2.05) is 13.0 Å². The maximum absolute atomic E-state index is 12.3. The predicted octanol–water partition coefficient (Wildman–Crippen LogP) is 6.35. The van der Waals surface area contributed by atoms with E-state index >= 15 is 0 Å². The minimum atomic E-state index is -1.06. The second-order valence-electron chi connectivity index (χ2n) is 12.2. The number of amides is 1. The van der Waals surface area contributed by atoms with Gasteiger partial charge in [0.2, 0.25) is 0 Å². The van der Waals surface area contributed by atoms with Crippen LogP contribution in [0.3, 0.4) is 0 Å². The topological polar surface area (TPSA) is 95.9 Å². The highest BCUT2D eigenvalue weighted by Gasteiger charge is 2.32. The Labute approximate surface area is 235 Å². The van der Waals surface area contributed by atoms with Crippen LogP contribution in [0.1, 0.15) is 95.5 Å². The van der Waals surface area contributed by atoms with E-state index in [4.69, 9.17) is 4.74 Å². The van der Waals surface area contributed by atoms with Gasteiger partial charge in [-0.2, -0.15) is 0 Å². The number of benzene rings is 2. The number of hydrogen-bond acceptors (Lipinski definition) is 4. The van der Waals surface area contributed by atoms with E-state index in [9.17, 15) is 19.8 Å². The first-order valence-electron chi connectivity index (χ1n) is 14.2. The third-order valence-corrected chi connectivity index (χ3v) is 8.12. The average Bonchev–Trinajstić information content (AvgIpc) is 2.86. The average molecular weight is 540 g/mol. The molecule has 0 fully saturated rings. The summed E-state index contributed by atoms with van der Waals surface area (Å²) < 4.78 is 5.78. The zero-order valence-electron chi connectivity index (χ0n) is 25.4. The molecule has 0 heterocycles. The maximum atomic E-state index is 12.3. The first kappa shape index (κ1) is 32.4. The third kappa shape index (κ3) is 8.07. The quantitative estimate of drug-likeness (QED) is 0.276. The van der Waals surface area contributed by atoms with Crippen molar-refractivity contribution in [2.24, 2.45) is 11.3 Å². The molecular weight excluding hydrogens is 490 g/mol. The van der Waals surface area contributed by atoms with Gasteiger partial charge in [0.1, 0.15) is 11.8 Å². The fourth-order valence-electron chi connectivity index (χ4n) is 5.21. The van der Waals surface area contributed by atoms with Gasteiger partial charge in [-0.3, -0.25) is 4.79 Å². The molecule has 6 nitrogen and oxygen atoms in total. The monoisotopic (exact) mass is 539 g/mol. The van der Waals surface area contributed by atoms with Crippen molar-refractivity contribution in [2.75, 3.05) is 6.61 Å². The summed E-state index contributed by atoms with van der Waals surface area (Å²) in [5.41, 5.74) is 5.61. The first-order chi connectivity index (χ1) is 18.2. The van der Waals surface area contributed by atoms with Gasteiger partial charge >= 0.3 is 5.97 Å². The van der Waals surface area contributed by atoms with Crippen molar-refractivity contribution in [2.45, 2.75) is 106 Å². The van der Waals surface area contributed by atoms with E-state index in [2.05, 4.69) is 77.2 Å². The normalized spacial score (nSPS) is 13.7. The molecule has 2 atom stereocenters. The Morgan fingerprint density at radius 2 is 1.51 bits per heavy atom. The van der Waals surface area contributed by atoms with Gasteiger partial charge in [-0.15, -0.1) is 0 Å². The molecule has 0 saturated heterocycles. The van der Waals surface area contributed by atoms with Crippen LogP contribution in [0.25, 0.3) is 0 Å². The van der Waals surface area contributed by atoms with Gasteiger partial charge in [0.25, 0.3) is 5.91 Å². The minimum Gasteiger partial charge on any atom is -0.484 e. The Bertz CT molecular complexity index is 1130. The van der Waals surface area contributed by atoms with Crippen LogP contribution in [0.4, 0.5) is 0 Å². The van der Waals surface area contributed by atoms with Crippen LogP contribution < -0.4 is 10.1 Å². The molecule has 0 spiro atoms. The van der Waals surface area contributed by atoms with E-state index in [1.165, 1.54) is 22.3 Å². The number of rotatable bonds is 13. The number of carboxylic acid groups (broad SMARTS) is 1. The molecule has 0 aliphatic carbocycles. The van der Waals surface area contributed by atoms with Crippen molar-refractivity contribution in [3.8, 4) is 5.75 Å². The van der Waals surface area contributed by atoms with E-state index < -0.39 is 17.9 Å². The number of carbonyl (C=O) groups excluding carboxylic acids is 1. The highest BCUT2D eigenvalue weighted by molar-refractivity contribution is 5.84. The lowest BCUT2D eigenvalue weighted by molar-refractivity contribution is -0.143. The summed E-state index contributed by atoms with van der Waals surface area (Å²) >= 11 is 0. The second kappa shape index (κ2) is 13.5. The molecule has 1 unspecified atom stereocenters. The van der Waals surface area contributed by atoms with Crippen LogP contribution in [0, 0.1) is 25.2 Å².